The van der Waals surface area contributed by atoms with Gasteiger partial charge >= 0.3 is 0 Å². The van der Waals surface area contributed by atoms with Gasteiger partial charge in [-0.2, -0.15) is 0 Å². The molecule has 0 aromatic heterocycles. The fourth-order valence-electron chi connectivity index (χ4n) is 2.21. The van der Waals surface area contributed by atoms with E-state index in [-0.39, 0.29) is 6.04 Å². The lowest BCUT2D eigenvalue weighted by Gasteiger charge is -2.16. The van der Waals surface area contributed by atoms with Crippen molar-refractivity contribution in [3.63, 3.8) is 0 Å². The number of hydrogen-bond acceptors (Lipinski definition) is 1. The Kier molecular flexibility index (Phi) is 4.43. The van der Waals surface area contributed by atoms with E-state index in [1.165, 1.54) is 16.7 Å². The van der Waals surface area contributed by atoms with E-state index in [0.29, 0.717) is 5.92 Å². The van der Waals surface area contributed by atoms with Crippen molar-refractivity contribution in [2.75, 3.05) is 0 Å². The van der Waals surface area contributed by atoms with E-state index in [9.17, 15) is 0 Å². The average Bonchev–Trinajstić information content (AvgIpc) is 2.41. The first kappa shape index (κ1) is 14.3. The van der Waals surface area contributed by atoms with Gasteiger partial charge in [0.15, 0.2) is 0 Å². The zero-order chi connectivity index (χ0) is 14.0. The van der Waals surface area contributed by atoms with Gasteiger partial charge in [-0.15, -0.1) is 0 Å². The van der Waals surface area contributed by atoms with Crippen molar-refractivity contribution < 1.29 is 0 Å². The van der Waals surface area contributed by atoms with Gasteiger partial charge in [-0.05, 0) is 47.2 Å². The predicted octanol–water partition coefficient (Wildman–Crippen LogP) is 4.93. The number of nitrogens with two attached hydrogens (primary N) is 1. The second-order valence-corrected chi connectivity index (χ2v) is 6.22. The van der Waals surface area contributed by atoms with Gasteiger partial charge in [-0.1, -0.05) is 60.1 Å². The smallest absolute Gasteiger partial charge is 0.0554 e. The Labute approximate surface area is 124 Å². The maximum atomic E-state index is 6.39. The molecule has 0 spiro atoms. The molecule has 1 unspecified atom stereocenters. The molecule has 1 nitrogen and oxygen atoms in total. The number of benzene rings is 2. The van der Waals surface area contributed by atoms with Gasteiger partial charge in [0.2, 0.25) is 0 Å². The van der Waals surface area contributed by atoms with E-state index in [1.807, 2.05) is 6.07 Å². The van der Waals surface area contributed by atoms with Crippen LogP contribution >= 0.6 is 15.9 Å². The number of halogens is 1. The molecule has 0 fully saturated rings. The molecule has 0 saturated carbocycles. The van der Waals surface area contributed by atoms with Crippen LogP contribution in [-0.4, -0.2) is 0 Å². The van der Waals surface area contributed by atoms with Crippen LogP contribution in [0.2, 0.25) is 0 Å². The lowest BCUT2D eigenvalue weighted by molar-refractivity contribution is 0.842. The summed E-state index contributed by atoms with van der Waals surface area (Å²) < 4.78 is 1.07. The van der Waals surface area contributed by atoms with Gasteiger partial charge in [0.1, 0.15) is 0 Å². The molecule has 0 aliphatic heterocycles. The van der Waals surface area contributed by atoms with Crippen LogP contribution in [0.3, 0.4) is 0 Å². The Bertz CT molecular complexity index is 558. The topological polar surface area (TPSA) is 26.0 Å². The molecule has 100 valence electrons. The van der Waals surface area contributed by atoms with Crippen LogP contribution in [-0.2, 0) is 0 Å². The second kappa shape index (κ2) is 5.89. The summed E-state index contributed by atoms with van der Waals surface area (Å²) in [5.74, 6) is 0.554. The number of hydrogen-bond donors (Lipinski definition) is 1. The van der Waals surface area contributed by atoms with Crippen molar-refractivity contribution in [3.05, 3.63) is 69.2 Å². The van der Waals surface area contributed by atoms with Gasteiger partial charge in [-0.25, -0.2) is 0 Å². The molecule has 0 aliphatic rings. The molecule has 2 N–H and O–H groups in total. The summed E-state index contributed by atoms with van der Waals surface area (Å²) in [4.78, 5) is 0. The summed E-state index contributed by atoms with van der Waals surface area (Å²) >= 11 is 3.51. The van der Waals surface area contributed by atoms with Gasteiger partial charge in [0.05, 0.1) is 6.04 Å². The normalized spacial score (nSPS) is 12.7. The maximum absolute atomic E-state index is 6.39. The minimum Gasteiger partial charge on any atom is -0.320 e. The Morgan fingerprint density at radius 1 is 0.947 bits per heavy atom. The molecule has 2 aromatic rings. The first-order valence-corrected chi connectivity index (χ1v) is 7.40. The highest BCUT2D eigenvalue weighted by atomic mass is 79.9. The van der Waals surface area contributed by atoms with Crippen LogP contribution in [0, 0.1) is 6.92 Å². The van der Waals surface area contributed by atoms with Gasteiger partial charge in [0, 0.05) is 4.47 Å². The van der Waals surface area contributed by atoms with E-state index in [2.05, 4.69) is 73.1 Å². The highest BCUT2D eigenvalue weighted by Gasteiger charge is 2.12. The van der Waals surface area contributed by atoms with E-state index in [1.54, 1.807) is 0 Å². The van der Waals surface area contributed by atoms with Crippen molar-refractivity contribution in [2.24, 2.45) is 5.73 Å². The van der Waals surface area contributed by atoms with Crippen LogP contribution in [0.5, 0.6) is 0 Å². The van der Waals surface area contributed by atoms with Crippen LogP contribution in [0.15, 0.2) is 46.9 Å². The quantitative estimate of drug-likeness (QED) is 0.853. The van der Waals surface area contributed by atoms with E-state index in [0.717, 1.165) is 10.0 Å². The van der Waals surface area contributed by atoms with Crippen molar-refractivity contribution in [1.82, 2.24) is 0 Å². The predicted molar refractivity (Wildman–Crippen MR) is 85.4 cm³/mol. The SMILES string of the molecule is Cc1ccc(Br)cc1C(N)c1ccc(C(C)C)cc1. The van der Waals surface area contributed by atoms with E-state index >= 15 is 0 Å². The lowest BCUT2D eigenvalue weighted by atomic mass is 9.93. The highest BCUT2D eigenvalue weighted by molar-refractivity contribution is 9.10. The summed E-state index contributed by atoms with van der Waals surface area (Å²) in [6, 6.07) is 14.8. The summed E-state index contributed by atoms with van der Waals surface area (Å²) in [5.41, 5.74) is 11.3. The summed E-state index contributed by atoms with van der Waals surface area (Å²) in [6.45, 7) is 6.50. The number of rotatable bonds is 3. The Morgan fingerprint density at radius 3 is 2.11 bits per heavy atom. The first-order valence-electron chi connectivity index (χ1n) is 6.60. The zero-order valence-corrected chi connectivity index (χ0v) is 13.2. The zero-order valence-electron chi connectivity index (χ0n) is 11.7. The Balaban J connectivity index is 2.33. The van der Waals surface area contributed by atoms with Crippen LogP contribution in [0.1, 0.15) is 48.1 Å². The first-order chi connectivity index (χ1) is 8.99. The molecular formula is C17H20BrN. The van der Waals surface area contributed by atoms with Gasteiger partial charge in [-0.3, -0.25) is 0 Å². The standard InChI is InChI=1S/C17H20BrN/c1-11(2)13-5-7-14(8-6-13)17(19)16-10-15(18)9-4-12(16)3/h4-11,17H,19H2,1-3H3. The average molecular weight is 318 g/mol. The van der Waals surface area contributed by atoms with Crippen molar-refractivity contribution in [2.45, 2.75) is 32.7 Å². The molecule has 0 amide bonds. The van der Waals surface area contributed by atoms with E-state index < -0.39 is 0 Å². The minimum absolute atomic E-state index is 0.0706. The minimum atomic E-state index is -0.0706. The molecule has 0 bridgehead atoms. The molecule has 2 aromatic carbocycles. The van der Waals surface area contributed by atoms with Crippen molar-refractivity contribution in [1.29, 1.82) is 0 Å². The molecule has 0 heterocycles. The second-order valence-electron chi connectivity index (χ2n) is 5.30. The van der Waals surface area contributed by atoms with Gasteiger partial charge < -0.3 is 5.73 Å². The molecule has 0 saturated heterocycles. The van der Waals surface area contributed by atoms with Gasteiger partial charge in [0.25, 0.3) is 0 Å². The molecule has 2 rings (SSSR count). The fourth-order valence-corrected chi connectivity index (χ4v) is 2.59. The third-order valence-corrected chi connectivity index (χ3v) is 4.03. The number of aryl methyl sites for hydroxylation is 1. The summed E-state index contributed by atoms with van der Waals surface area (Å²) in [5, 5.41) is 0. The molecule has 0 aliphatic carbocycles. The van der Waals surface area contributed by atoms with Crippen LogP contribution in [0.4, 0.5) is 0 Å². The molecule has 19 heavy (non-hydrogen) atoms. The van der Waals surface area contributed by atoms with E-state index in [4.69, 9.17) is 5.73 Å². The monoisotopic (exact) mass is 317 g/mol. The molecule has 0 radical (unpaired) electrons. The molecular weight excluding hydrogens is 298 g/mol. The molecule has 2 heteroatoms. The van der Waals surface area contributed by atoms with Crippen molar-refractivity contribution in [3.8, 4) is 0 Å². The molecule has 1 atom stereocenters. The third kappa shape index (κ3) is 3.26. The largest absolute Gasteiger partial charge is 0.320 e. The summed E-state index contributed by atoms with van der Waals surface area (Å²) in [6.07, 6.45) is 0. The Morgan fingerprint density at radius 2 is 1.53 bits per heavy atom. The fraction of sp³-hybridized carbons (Fsp3) is 0.294. The third-order valence-electron chi connectivity index (χ3n) is 3.54. The van der Waals surface area contributed by atoms with Crippen LogP contribution < -0.4 is 5.73 Å². The summed E-state index contributed by atoms with van der Waals surface area (Å²) in [7, 11) is 0. The Hall–Kier alpha value is -1.12. The highest BCUT2D eigenvalue weighted by Crippen LogP contribution is 2.26. The lowest BCUT2D eigenvalue weighted by Crippen LogP contribution is -2.13. The maximum Gasteiger partial charge on any atom is 0.0554 e. The van der Waals surface area contributed by atoms with Crippen molar-refractivity contribution >= 4 is 15.9 Å². The van der Waals surface area contributed by atoms with Crippen LogP contribution in [0.25, 0.3) is 0 Å².